The number of fused-ring (bicyclic) bond motifs is 4. The van der Waals surface area contributed by atoms with E-state index in [1.54, 1.807) is 0 Å². The zero-order valence-electron chi connectivity index (χ0n) is 20.2. The van der Waals surface area contributed by atoms with Crippen LogP contribution in [0.5, 0.6) is 0 Å². The predicted octanol–water partition coefficient (Wildman–Crippen LogP) is 2.48. The molecule has 38 heavy (non-hydrogen) atoms. The van der Waals surface area contributed by atoms with Crippen molar-refractivity contribution in [1.82, 2.24) is 20.5 Å². The highest BCUT2D eigenvalue weighted by Crippen LogP contribution is 2.49. The minimum atomic E-state index is -3.22. The number of nitrogens with two attached hydrogens (primary N) is 1. The number of benzene rings is 1. The number of alkyl halides is 2. The summed E-state index contributed by atoms with van der Waals surface area (Å²) in [6.45, 7) is 0.503. The van der Waals surface area contributed by atoms with Crippen molar-refractivity contribution in [3.05, 3.63) is 34.7 Å². The van der Waals surface area contributed by atoms with E-state index in [4.69, 9.17) is 17.3 Å². The number of rotatable bonds is 6. The molecular formula is C25H27ClF3N5O4. The molecule has 1 aromatic carbocycles. The summed E-state index contributed by atoms with van der Waals surface area (Å²) in [7, 11) is 0. The lowest BCUT2D eigenvalue weighted by Gasteiger charge is -2.53. The SMILES string of the molecule is NC(=O)[C@H](C[C@@H]1CCCNC1=O)NC(=O)[C@@H]1[C@@H]2CC[C@@H](CC2(F)F)N1C(=O)c1cc2c(F)ccc(Cl)c2[nH]1. The van der Waals surface area contributed by atoms with E-state index in [2.05, 4.69) is 15.6 Å². The number of hydrogen-bond acceptors (Lipinski definition) is 4. The van der Waals surface area contributed by atoms with Gasteiger partial charge in [0.2, 0.25) is 17.7 Å². The summed E-state index contributed by atoms with van der Waals surface area (Å²) in [5.74, 6) is -8.82. The Morgan fingerprint density at radius 2 is 2.00 bits per heavy atom. The van der Waals surface area contributed by atoms with Crippen molar-refractivity contribution in [3.63, 3.8) is 0 Å². The molecule has 2 bridgehead atoms. The summed E-state index contributed by atoms with van der Waals surface area (Å²) in [5.41, 5.74) is 5.56. The highest BCUT2D eigenvalue weighted by molar-refractivity contribution is 6.35. The second kappa shape index (κ2) is 9.79. The molecule has 6 rings (SSSR count). The third kappa shape index (κ3) is 4.59. The first-order chi connectivity index (χ1) is 18.0. The molecule has 5 N–H and O–H groups in total. The summed E-state index contributed by atoms with van der Waals surface area (Å²) >= 11 is 6.13. The molecule has 4 heterocycles. The van der Waals surface area contributed by atoms with Crippen LogP contribution >= 0.6 is 11.6 Å². The summed E-state index contributed by atoms with van der Waals surface area (Å²) in [4.78, 5) is 55.4. The Hall–Kier alpha value is -3.28. The van der Waals surface area contributed by atoms with Gasteiger partial charge in [0.05, 0.1) is 16.5 Å². The summed E-state index contributed by atoms with van der Waals surface area (Å²) in [5, 5.41) is 5.35. The van der Waals surface area contributed by atoms with Crippen LogP contribution in [0.3, 0.4) is 0 Å². The number of H-pyrrole nitrogens is 1. The van der Waals surface area contributed by atoms with Gasteiger partial charge in [-0.3, -0.25) is 19.2 Å². The van der Waals surface area contributed by atoms with Crippen LogP contribution in [-0.2, 0) is 14.4 Å². The molecule has 1 aliphatic carbocycles. The highest BCUT2D eigenvalue weighted by atomic mass is 35.5. The number of nitrogens with one attached hydrogen (secondary N) is 3. The number of halogens is 4. The van der Waals surface area contributed by atoms with E-state index >= 15 is 8.78 Å². The quantitative estimate of drug-likeness (QED) is 0.437. The first-order valence-corrected chi connectivity index (χ1v) is 12.9. The molecule has 204 valence electrons. The van der Waals surface area contributed by atoms with Crippen LogP contribution in [-0.4, -0.2) is 64.1 Å². The van der Waals surface area contributed by atoms with Crippen molar-refractivity contribution in [1.29, 1.82) is 0 Å². The zero-order valence-corrected chi connectivity index (χ0v) is 21.0. The molecule has 5 atom stereocenters. The van der Waals surface area contributed by atoms with Gasteiger partial charge in [-0.2, -0.15) is 0 Å². The molecule has 1 aromatic heterocycles. The van der Waals surface area contributed by atoms with E-state index in [-0.39, 0.29) is 46.8 Å². The Balaban J connectivity index is 1.45. The molecule has 4 fully saturated rings. The first-order valence-electron chi connectivity index (χ1n) is 12.5. The van der Waals surface area contributed by atoms with Crippen LogP contribution in [0.2, 0.25) is 5.02 Å². The zero-order chi connectivity index (χ0) is 27.4. The van der Waals surface area contributed by atoms with Gasteiger partial charge in [0.15, 0.2) is 0 Å². The summed E-state index contributed by atoms with van der Waals surface area (Å²) in [6, 6.07) is -0.144. The van der Waals surface area contributed by atoms with Gasteiger partial charge in [-0.05, 0) is 50.3 Å². The molecule has 0 unspecified atom stereocenters. The van der Waals surface area contributed by atoms with Gasteiger partial charge in [0.1, 0.15) is 23.6 Å². The molecular weight excluding hydrogens is 527 g/mol. The van der Waals surface area contributed by atoms with Crippen molar-refractivity contribution in [2.45, 2.75) is 62.6 Å². The molecule has 9 nitrogen and oxygen atoms in total. The smallest absolute Gasteiger partial charge is 0.271 e. The Kier molecular flexibility index (Phi) is 6.79. The number of hydrogen-bond donors (Lipinski definition) is 4. The van der Waals surface area contributed by atoms with Gasteiger partial charge < -0.3 is 26.3 Å². The molecule has 3 aliphatic heterocycles. The molecule has 1 saturated carbocycles. The third-order valence-corrected chi connectivity index (χ3v) is 8.25. The van der Waals surface area contributed by atoms with Gasteiger partial charge in [-0.25, -0.2) is 13.2 Å². The largest absolute Gasteiger partial charge is 0.368 e. The fraction of sp³-hybridized carbons (Fsp3) is 0.520. The fourth-order valence-corrected chi connectivity index (χ4v) is 6.26. The minimum Gasteiger partial charge on any atom is -0.368 e. The average Bonchev–Trinajstić information content (AvgIpc) is 3.33. The molecule has 3 saturated heterocycles. The van der Waals surface area contributed by atoms with Crippen molar-refractivity contribution in [2.75, 3.05) is 6.54 Å². The van der Waals surface area contributed by atoms with Gasteiger partial charge >= 0.3 is 0 Å². The topological polar surface area (TPSA) is 137 Å². The monoisotopic (exact) mass is 553 g/mol. The maximum atomic E-state index is 15.0. The van der Waals surface area contributed by atoms with Crippen molar-refractivity contribution >= 4 is 46.1 Å². The van der Waals surface area contributed by atoms with Gasteiger partial charge in [-0.15, -0.1) is 0 Å². The molecule has 4 amide bonds. The Morgan fingerprint density at radius 1 is 1.24 bits per heavy atom. The number of carbonyl (C=O) groups excluding carboxylic acids is 4. The maximum absolute atomic E-state index is 15.0. The van der Waals surface area contributed by atoms with Crippen LogP contribution in [0.4, 0.5) is 13.2 Å². The van der Waals surface area contributed by atoms with Crippen LogP contribution in [0.1, 0.15) is 49.0 Å². The first kappa shape index (κ1) is 26.3. The lowest BCUT2D eigenvalue weighted by atomic mass is 9.71. The Morgan fingerprint density at radius 3 is 2.66 bits per heavy atom. The average molecular weight is 554 g/mol. The van der Waals surface area contributed by atoms with E-state index < -0.39 is 65.8 Å². The third-order valence-electron chi connectivity index (χ3n) is 7.94. The number of aromatic amines is 1. The van der Waals surface area contributed by atoms with E-state index in [1.807, 2.05) is 0 Å². The highest BCUT2D eigenvalue weighted by Gasteiger charge is 2.60. The minimum absolute atomic E-state index is 0.00103. The van der Waals surface area contributed by atoms with Crippen LogP contribution in [0, 0.1) is 17.7 Å². The molecule has 13 heteroatoms. The van der Waals surface area contributed by atoms with Crippen molar-refractivity contribution in [3.8, 4) is 0 Å². The fourth-order valence-electron chi connectivity index (χ4n) is 6.05. The number of amides is 4. The van der Waals surface area contributed by atoms with Crippen LogP contribution in [0.25, 0.3) is 10.9 Å². The number of carbonyl (C=O) groups is 4. The second-order valence-corrected chi connectivity index (χ2v) is 10.7. The molecule has 2 aromatic rings. The van der Waals surface area contributed by atoms with E-state index in [1.165, 1.54) is 12.1 Å². The molecule has 0 spiro atoms. The summed E-state index contributed by atoms with van der Waals surface area (Å²) in [6.07, 6.45) is 0.723. The van der Waals surface area contributed by atoms with E-state index in [0.717, 1.165) is 11.0 Å². The van der Waals surface area contributed by atoms with E-state index in [0.29, 0.717) is 19.4 Å². The maximum Gasteiger partial charge on any atom is 0.271 e. The van der Waals surface area contributed by atoms with Crippen LogP contribution in [0.15, 0.2) is 18.2 Å². The summed E-state index contributed by atoms with van der Waals surface area (Å²) < 4.78 is 44.4. The normalized spacial score (nSPS) is 27.2. The van der Waals surface area contributed by atoms with Gasteiger partial charge in [-0.1, -0.05) is 11.6 Å². The lowest BCUT2D eigenvalue weighted by Crippen LogP contribution is -2.69. The van der Waals surface area contributed by atoms with Crippen molar-refractivity contribution < 1.29 is 32.3 Å². The number of primary amides is 1. The van der Waals surface area contributed by atoms with Gasteiger partial charge in [0.25, 0.3) is 11.8 Å². The van der Waals surface area contributed by atoms with Crippen LogP contribution < -0.4 is 16.4 Å². The Labute approximate surface area is 220 Å². The second-order valence-electron chi connectivity index (χ2n) is 10.3. The number of piperidine rings is 3. The van der Waals surface area contributed by atoms with Crippen molar-refractivity contribution in [2.24, 2.45) is 17.6 Å². The lowest BCUT2D eigenvalue weighted by molar-refractivity contribution is -0.179. The molecule has 0 radical (unpaired) electrons. The number of nitrogens with zero attached hydrogens (tertiary/aromatic N) is 1. The molecule has 4 aliphatic rings. The van der Waals surface area contributed by atoms with Gasteiger partial charge in [0, 0.05) is 30.3 Å². The standard InChI is InChI=1S/C25H27ClF3N5O4/c26-15-5-6-16(27)13-9-18(32-19(13)15)24(38)34-12-3-4-14(25(28,29)10-12)20(34)23(37)33-17(21(30)35)8-11-2-1-7-31-22(11)36/h5-6,9,11-12,14,17,20,32H,1-4,7-8,10H2,(H2,30,35)(H,31,36)(H,33,37)/t11-,12-,14-,17-,20-/m0/s1. The Bertz CT molecular complexity index is 1280. The number of aromatic nitrogens is 1. The van der Waals surface area contributed by atoms with E-state index in [9.17, 15) is 23.6 Å². The predicted molar refractivity (Wildman–Crippen MR) is 131 cm³/mol.